The highest BCUT2D eigenvalue weighted by Gasteiger charge is 2.12. The van der Waals surface area contributed by atoms with Crippen LogP contribution in [0.4, 0.5) is 0 Å². The van der Waals surface area contributed by atoms with Crippen LogP contribution in [-0.4, -0.2) is 10.5 Å². The van der Waals surface area contributed by atoms with E-state index in [1.54, 1.807) is 0 Å². The molecular formula is C16H19N3O. The maximum Gasteiger partial charge on any atom is 0.268 e. The van der Waals surface area contributed by atoms with Crippen LogP contribution in [0.2, 0.25) is 0 Å². The predicted molar refractivity (Wildman–Crippen MR) is 78.3 cm³/mol. The lowest BCUT2D eigenvalue weighted by Crippen LogP contribution is -2.25. The van der Waals surface area contributed by atoms with E-state index >= 15 is 0 Å². The third-order valence-electron chi connectivity index (χ3n) is 3.76. The third kappa shape index (κ3) is 2.47. The van der Waals surface area contributed by atoms with Crippen molar-refractivity contribution < 1.29 is 4.79 Å². The van der Waals surface area contributed by atoms with Crippen LogP contribution in [0, 0.1) is 0 Å². The number of aryl methyl sites for hydroxylation is 1. The lowest BCUT2D eigenvalue weighted by Gasteiger charge is -2.09. The highest BCUT2D eigenvalue weighted by Crippen LogP contribution is 2.17. The molecule has 3 rings (SSSR count). The Kier molecular flexibility index (Phi) is 3.56. The molecule has 0 spiro atoms. The van der Waals surface area contributed by atoms with Crippen molar-refractivity contribution in [1.82, 2.24) is 15.2 Å². The molecule has 0 radical (unpaired) electrons. The van der Waals surface area contributed by atoms with E-state index in [9.17, 15) is 4.79 Å². The van der Waals surface area contributed by atoms with Crippen molar-refractivity contribution in [3.05, 3.63) is 58.9 Å². The zero-order chi connectivity index (χ0) is 13.9. The molecule has 20 heavy (non-hydrogen) atoms. The maximum absolute atomic E-state index is 12.1. The van der Waals surface area contributed by atoms with Crippen LogP contribution in [0.15, 0.2) is 36.5 Å². The molecule has 0 atom stereocenters. The molecule has 0 saturated heterocycles. The molecule has 2 aromatic rings. The molecule has 2 N–H and O–H groups in total. The van der Waals surface area contributed by atoms with E-state index in [2.05, 4.69) is 28.8 Å². The Bertz CT molecular complexity index is 630. The van der Waals surface area contributed by atoms with Crippen LogP contribution in [0.1, 0.15) is 34.1 Å². The van der Waals surface area contributed by atoms with Crippen LogP contribution in [-0.2, 0) is 26.2 Å². The van der Waals surface area contributed by atoms with Gasteiger partial charge in [0.05, 0.1) is 0 Å². The summed E-state index contributed by atoms with van der Waals surface area (Å²) in [4.78, 5) is 12.1. The van der Waals surface area contributed by atoms with Crippen molar-refractivity contribution in [1.29, 1.82) is 0 Å². The first-order valence-corrected chi connectivity index (χ1v) is 7.02. The largest absolute Gasteiger partial charge is 0.347 e. The number of carbonyl (C=O) groups excluding carboxylic acids is 1. The highest BCUT2D eigenvalue weighted by atomic mass is 16.1. The molecule has 0 saturated carbocycles. The van der Waals surface area contributed by atoms with Gasteiger partial charge >= 0.3 is 0 Å². The Hall–Kier alpha value is -2.07. The number of nitrogens with one attached hydrogen (secondary N) is 2. The van der Waals surface area contributed by atoms with E-state index < -0.39 is 0 Å². The van der Waals surface area contributed by atoms with Gasteiger partial charge in [0.25, 0.3) is 5.91 Å². The minimum absolute atomic E-state index is 0.0181. The molecule has 1 aliphatic rings. The number of amides is 1. The van der Waals surface area contributed by atoms with E-state index in [1.807, 2.05) is 29.8 Å². The summed E-state index contributed by atoms with van der Waals surface area (Å²) < 4.78 is 1.95. The van der Waals surface area contributed by atoms with Gasteiger partial charge in [-0.2, -0.15) is 0 Å². The maximum atomic E-state index is 12.1. The van der Waals surface area contributed by atoms with Gasteiger partial charge in [0.1, 0.15) is 5.69 Å². The second kappa shape index (κ2) is 5.51. The fraction of sp³-hybridized carbons (Fsp3) is 0.312. The van der Waals surface area contributed by atoms with Crippen molar-refractivity contribution in [2.75, 3.05) is 0 Å². The minimum atomic E-state index is -0.0181. The molecule has 1 aromatic carbocycles. The van der Waals surface area contributed by atoms with E-state index in [0.29, 0.717) is 6.54 Å². The van der Waals surface area contributed by atoms with Gasteiger partial charge in [-0.05, 0) is 35.7 Å². The normalized spacial score (nSPS) is 13.2. The van der Waals surface area contributed by atoms with E-state index in [-0.39, 0.29) is 5.91 Å². The van der Waals surface area contributed by atoms with Gasteiger partial charge < -0.3 is 15.2 Å². The molecule has 1 aliphatic heterocycles. The molecule has 1 aromatic heterocycles. The molecule has 104 valence electrons. The fourth-order valence-electron chi connectivity index (χ4n) is 2.63. The van der Waals surface area contributed by atoms with Crippen molar-refractivity contribution >= 4 is 5.91 Å². The zero-order valence-corrected chi connectivity index (χ0v) is 11.6. The number of fused-ring (bicyclic) bond motifs is 1. The Morgan fingerprint density at radius 1 is 1.30 bits per heavy atom. The van der Waals surface area contributed by atoms with E-state index in [4.69, 9.17) is 0 Å². The number of hydrogen-bond acceptors (Lipinski definition) is 2. The average Bonchev–Trinajstić information content (AvgIpc) is 3.12. The molecule has 0 unspecified atom stereocenters. The van der Waals surface area contributed by atoms with E-state index in [0.717, 1.165) is 30.9 Å². The van der Waals surface area contributed by atoms with Gasteiger partial charge in [-0.3, -0.25) is 4.79 Å². The number of benzene rings is 1. The van der Waals surface area contributed by atoms with Gasteiger partial charge in [-0.25, -0.2) is 0 Å². The Labute approximate surface area is 118 Å². The molecule has 1 amide bonds. The van der Waals surface area contributed by atoms with Crippen LogP contribution in [0.5, 0.6) is 0 Å². The SMILES string of the molecule is CCn1cccc1C(=O)NCc1ccc2c(c1)CNC2. The van der Waals surface area contributed by atoms with Crippen molar-refractivity contribution in [3.8, 4) is 0 Å². The summed E-state index contributed by atoms with van der Waals surface area (Å²) in [7, 11) is 0. The second-order valence-electron chi connectivity index (χ2n) is 5.07. The summed E-state index contributed by atoms with van der Waals surface area (Å²) in [6.07, 6.45) is 1.93. The number of hydrogen-bond donors (Lipinski definition) is 2. The fourth-order valence-corrected chi connectivity index (χ4v) is 2.63. The summed E-state index contributed by atoms with van der Waals surface area (Å²) in [6.45, 7) is 5.29. The Morgan fingerprint density at radius 2 is 2.15 bits per heavy atom. The quantitative estimate of drug-likeness (QED) is 0.892. The number of nitrogens with zero attached hydrogens (tertiary/aromatic N) is 1. The Balaban J connectivity index is 1.66. The molecule has 0 aliphatic carbocycles. The van der Waals surface area contributed by atoms with Crippen molar-refractivity contribution in [2.24, 2.45) is 0 Å². The van der Waals surface area contributed by atoms with Gasteiger partial charge in [-0.15, -0.1) is 0 Å². The van der Waals surface area contributed by atoms with Crippen molar-refractivity contribution in [3.63, 3.8) is 0 Å². The number of aromatic nitrogens is 1. The first-order valence-electron chi connectivity index (χ1n) is 7.02. The van der Waals surface area contributed by atoms with Gasteiger partial charge in [0, 0.05) is 32.4 Å². The van der Waals surface area contributed by atoms with Crippen LogP contribution >= 0.6 is 0 Å². The number of carbonyl (C=O) groups is 1. The summed E-state index contributed by atoms with van der Waals surface area (Å²) >= 11 is 0. The van der Waals surface area contributed by atoms with Gasteiger partial charge in [0.15, 0.2) is 0 Å². The lowest BCUT2D eigenvalue weighted by molar-refractivity contribution is 0.0941. The van der Waals surface area contributed by atoms with Crippen molar-refractivity contribution in [2.45, 2.75) is 33.1 Å². The first kappa shape index (κ1) is 12.9. The molecule has 0 bridgehead atoms. The zero-order valence-electron chi connectivity index (χ0n) is 11.6. The van der Waals surface area contributed by atoms with Gasteiger partial charge in [-0.1, -0.05) is 18.2 Å². The average molecular weight is 269 g/mol. The number of rotatable bonds is 4. The molecular weight excluding hydrogens is 250 g/mol. The Morgan fingerprint density at radius 3 is 3.00 bits per heavy atom. The smallest absolute Gasteiger partial charge is 0.268 e. The van der Waals surface area contributed by atoms with Gasteiger partial charge in [0.2, 0.25) is 0 Å². The summed E-state index contributed by atoms with van der Waals surface area (Å²) in [5.74, 6) is -0.0181. The first-order chi connectivity index (χ1) is 9.78. The topological polar surface area (TPSA) is 46.1 Å². The van der Waals surface area contributed by atoms with E-state index in [1.165, 1.54) is 11.1 Å². The molecule has 4 heteroatoms. The monoisotopic (exact) mass is 269 g/mol. The predicted octanol–water partition coefficient (Wildman–Crippen LogP) is 2.04. The van der Waals surface area contributed by atoms with Crippen LogP contribution in [0.3, 0.4) is 0 Å². The third-order valence-corrected chi connectivity index (χ3v) is 3.76. The molecule has 0 fully saturated rings. The molecule has 2 heterocycles. The lowest BCUT2D eigenvalue weighted by atomic mass is 10.1. The summed E-state index contributed by atoms with van der Waals surface area (Å²) in [5, 5.41) is 6.31. The molecule has 4 nitrogen and oxygen atoms in total. The highest BCUT2D eigenvalue weighted by molar-refractivity contribution is 5.92. The minimum Gasteiger partial charge on any atom is -0.347 e. The van der Waals surface area contributed by atoms with Crippen LogP contribution < -0.4 is 10.6 Å². The summed E-state index contributed by atoms with van der Waals surface area (Å²) in [5.41, 5.74) is 4.57. The van der Waals surface area contributed by atoms with Crippen LogP contribution in [0.25, 0.3) is 0 Å². The standard InChI is InChI=1S/C16H19N3O/c1-2-19-7-3-4-15(19)16(20)18-9-12-5-6-13-10-17-11-14(13)8-12/h3-8,17H,2,9-11H2,1H3,(H,18,20). The second-order valence-corrected chi connectivity index (χ2v) is 5.07. The summed E-state index contributed by atoms with van der Waals surface area (Å²) in [6, 6.07) is 10.2.